The van der Waals surface area contributed by atoms with E-state index < -0.39 is 6.10 Å². The molecule has 3 unspecified atom stereocenters. The molecule has 0 aromatic heterocycles. The van der Waals surface area contributed by atoms with E-state index >= 15 is 0 Å². The number of aliphatic hydroxyl groups is 1. The summed E-state index contributed by atoms with van der Waals surface area (Å²) in [6, 6.07) is 9.93. The van der Waals surface area contributed by atoms with Crippen molar-refractivity contribution in [3.63, 3.8) is 0 Å². The zero-order valence-electron chi connectivity index (χ0n) is 10.3. The third-order valence-electron chi connectivity index (χ3n) is 3.80. The Hall–Kier alpha value is -1.80. The molecule has 3 rings (SSSR count). The molecule has 2 N–H and O–H groups in total. The van der Waals surface area contributed by atoms with Crippen LogP contribution in [0.2, 0.25) is 0 Å². The second-order valence-electron chi connectivity index (χ2n) is 5.10. The summed E-state index contributed by atoms with van der Waals surface area (Å²) in [7, 11) is 0. The highest BCUT2D eigenvalue weighted by atomic mass is 16.3. The SMILES string of the molecule is C=C(NC1=CC(=C)C2CC2C1O)c1ccccc1. The van der Waals surface area contributed by atoms with E-state index in [2.05, 4.69) is 18.5 Å². The second-order valence-corrected chi connectivity index (χ2v) is 5.10. The molecule has 0 radical (unpaired) electrons. The van der Waals surface area contributed by atoms with E-state index in [0.29, 0.717) is 11.8 Å². The summed E-state index contributed by atoms with van der Waals surface area (Å²) >= 11 is 0. The highest BCUT2D eigenvalue weighted by Gasteiger charge is 2.47. The average molecular weight is 239 g/mol. The van der Waals surface area contributed by atoms with E-state index in [4.69, 9.17) is 0 Å². The van der Waals surface area contributed by atoms with E-state index in [1.54, 1.807) is 0 Å². The minimum Gasteiger partial charge on any atom is -0.387 e. The number of nitrogens with one attached hydrogen (secondary N) is 1. The van der Waals surface area contributed by atoms with Gasteiger partial charge in [0.25, 0.3) is 0 Å². The second kappa shape index (κ2) is 4.14. The first kappa shape index (κ1) is 11.3. The number of allylic oxidation sites excluding steroid dienone is 2. The summed E-state index contributed by atoms with van der Waals surface area (Å²) in [5.41, 5.74) is 3.79. The first-order chi connectivity index (χ1) is 8.66. The van der Waals surface area contributed by atoms with E-state index in [9.17, 15) is 5.11 Å². The Bertz CT molecular complexity index is 529. The molecule has 1 aromatic carbocycles. The molecule has 0 aliphatic heterocycles. The van der Waals surface area contributed by atoms with E-state index in [0.717, 1.165) is 29.0 Å². The maximum absolute atomic E-state index is 10.2. The molecule has 0 spiro atoms. The molecule has 2 heteroatoms. The largest absolute Gasteiger partial charge is 0.387 e. The summed E-state index contributed by atoms with van der Waals surface area (Å²) in [5, 5.41) is 13.4. The molecule has 1 aromatic rings. The fourth-order valence-electron chi connectivity index (χ4n) is 2.61. The molecule has 3 atom stereocenters. The monoisotopic (exact) mass is 239 g/mol. The summed E-state index contributed by atoms with van der Waals surface area (Å²) < 4.78 is 0. The van der Waals surface area contributed by atoms with Gasteiger partial charge >= 0.3 is 0 Å². The van der Waals surface area contributed by atoms with Crippen LogP contribution in [-0.4, -0.2) is 11.2 Å². The zero-order valence-corrected chi connectivity index (χ0v) is 10.3. The number of aliphatic hydroxyl groups excluding tert-OH is 1. The van der Waals surface area contributed by atoms with Crippen molar-refractivity contribution < 1.29 is 5.11 Å². The number of fused-ring (bicyclic) bond motifs is 1. The molecule has 1 saturated carbocycles. The molecule has 0 amide bonds. The van der Waals surface area contributed by atoms with E-state index in [1.165, 1.54) is 0 Å². The molecule has 0 heterocycles. The molecule has 1 fully saturated rings. The van der Waals surface area contributed by atoms with Gasteiger partial charge in [-0.3, -0.25) is 0 Å². The van der Waals surface area contributed by atoms with Gasteiger partial charge in [-0.2, -0.15) is 0 Å². The molecule has 2 nitrogen and oxygen atoms in total. The van der Waals surface area contributed by atoms with Crippen molar-refractivity contribution in [3.8, 4) is 0 Å². The third-order valence-corrected chi connectivity index (χ3v) is 3.80. The Morgan fingerprint density at radius 1 is 1.28 bits per heavy atom. The Kier molecular flexibility index (Phi) is 2.60. The summed E-state index contributed by atoms with van der Waals surface area (Å²) in [4.78, 5) is 0. The molecule has 18 heavy (non-hydrogen) atoms. The van der Waals surface area contributed by atoms with Gasteiger partial charge in [0.2, 0.25) is 0 Å². The molecular formula is C16H17NO. The molecule has 2 aliphatic rings. The normalized spacial score (nSPS) is 29.3. The van der Waals surface area contributed by atoms with Crippen LogP contribution in [0.3, 0.4) is 0 Å². The molecule has 2 aliphatic carbocycles. The fraction of sp³-hybridized carbons (Fsp3) is 0.250. The van der Waals surface area contributed by atoms with Gasteiger partial charge in [-0.25, -0.2) is 0 Å². The first-order valence-corrected chi connectivity index (χ1v) is 6.26. The smallest absolute Gasteiger partial charge is 0.0971 e. The van der Waals surface area contributed by atoms with Gasteiger partial charge in [-0.15, -0.1) is 0 Å². The highest BCUT2D eigenvalue weighted by Crippen LogP contribution is 2.51. The summed E-state index contributed by atoms with van der Waals surface area (Å²) in [5.74, 6) is 0.851. The van der Waals surface area contributed by atoms with Gasteiger partial charge in [0.15, 0.2) is 0 Å². The van der Waals surface area contributed by atoms with Gasteiger partial charge in [-0.1, -0.05) is 43.5 Å². The third kappa shape index (κ3) is 1.89. The zero-order chi connectivity index (χ0) is 12.7. The van der Waals surface area contributed by atoms with Crippen molar-refractivity contribution in [1.82, 2.24) is 5.32 Å². The van der Waals surface area contributed by atoms with Gasteiger partial charge in [-0.05, 0) is 35.5 Å². The van der Waals surface area contributed by atoms with Crippen molar-refractivity contribution in [2.24, 2.45) is 11.8 Å². The van der Waals surface area contributed by atoms with Crippen LogP contribution < -0.4 is 5.32 Å². The quantitative estimate of drug-likeness (QED) is 0.850. The van der Waals surface area contributed by atoms with Gasteiger partial charge in [0.05, 0.1) is 6.10 Å². The number of rotatable bonds is 3. The predicted molar refractivity (Wildman–Crippen MR) is 73.4 cm³/mol. The van der Waals surface area contributed by atoms with Crippen LogP contribution in [0.15, 0.2) is 60.8 Å². The molecular weight excluding hydrogens is 222 g/mol. The van der Waals surface area contributed by atoms with E-state index in [-0.39, 0.29) is 0 Å². The Morgan fingerprint density at radius 2 is 2.00 bits per heavy atom. The van der Waals surface area contributed by atoms with Crippen LogP contribution >= 0.6 is 0 Å². The summed E-state index contributed by atoms with van der Waals surface area (Å²) in [6.07, 6.45) is 2.62. The van der Waals surface area contributed by atoms with Crippen molar-refractivity contribution in [3.05, 3.63) is 66.4 Å². The van der Waals surface area contributed by atoms with Crippen molar-refractivity contribution in [2.45, 2.75) is 12.5 Å². The van der Waals surface area contributed by atoms with E-state index in [1.807, 2.05) is 36.4 Å². The number of hydrogen-bond donors (Lipinski definition) is 2. The fourth-order valence-corrected chi connectivity index (χ4v) is 2.61. The maximum Gasteiger partial charge on any atom is 0.0971 e. The lowest BCUT2D eigenvalue weighted by molar-refractivity contribution is 0.174. The Morgan fingerprint density at radius 3 is 2.72 bits per heavy atom. The molecule has 92 valence electrons. The maximum atomic E-state index is 10.2. The lowest BCUT2D eigenvalue weighted by Crippen LogP contribution is -2.27. The average Bonchev–Trinajstić information content (AvgIpc) is 3.17. The van der Waals surface area contributed by atoms with Crippen LogP contribution in [0, 0.1) is 11.8 Å². The van der Waals surface area contributed by atoms with Crippen molar-refractivity contribution in [2.75, 3.05) is 0 Å². The molecule has 0 saturated heterocycles. The van der Waals surface area contributed by atoms with Crippen LogP contribution in [0.1, 0.15) is 12.0 Å². The lowest BCUT2D eigenvalue weighted by Gasteiger charge is -2.23. The lowest BCUT2D eigenvalue weighted by atomic mass is 9.97. The van der Waals surface area contributed by atoms with Crippen LogP contribution in [0.4, 0.5) is 0 Å². The summed E-state index contributed by atoms with van der Waals surface area (Å²) in [6.45, 7) is 8.07. The van der Waals surface area contributed by atoms with Crippen LogP contribution in [0.25, 0.3) is 5.70 Å². The number of hydrogen-bond acceptors (Lipinski definition) is 2. The topological polar surface area (TPSA) is 32.3 Å². The van der Waals surface area contributed by atoms with Crippen molar-refractivity contribution >= 4 is 5.70 Å². The Balaban J connectivity index is 1.77. The molecule has 0 bridgehead atoms. The van der Waals surface area contributed by atoms with Gasteiger partial charge < -0.3 is 10.4 Å². The highest BCUT2D eigenvalue weighted by molar-refractivity contribution is 5.63. The predicted octanol–water partition coefficient (Wildman–Crippen LogP) is 2.70. The van der Waals surface area contributed by atoms with Gasteiger partial charge in [0, 0.05) is 11.4 Å². The standard InChI is InChI=1S/C16H17NO/c1-10-8-15(16(18)14-9-13(10)14)17-11(2)12-6-4-3-5-7-12/h3-8,13-14,16-18H,1-2,9H2. The van der Waals surface area contributed by atoms with Crippen LogP contribution in [-0.2, 0) is 0 Å². The number of benzene rings is 1. The van der Waals surface area contributed by atoms with Gasteiger partial charge in [0.1, 0.15) is 0 Å². The minimum atomic E-state index is -0.402. The van der Waals surface area contributed by atoms with Crippen LogP contribution in [0.5, 0.6) is 0 Å². The first-order valence-electron chi connectivity index (χ1n) is 6.26. The van der Waals surface area contributed by atoms with Crippen molar-refractivity contribution in [1.29, 1.82) is 0 Å². The Labute approximate surface area is 107 Å². The minimum absolute atomic E-state index is 0.355.